The van der Waals surface area contributed by atoms with Gasteiger partial charge in [0, 0.05) is 84.6 Å². The Morgan fingerprint density at radius 3 is 1.87 bits per heavy atom. The summed E-state index contributed by atoms with van der Waals surface area (Å²) < 4.78 is 27.3. The molecule has 3 aromatic carbocycles. The fraction of sp³-hybridized carbons (Fsp3) is 0.243. The van der Waals surface area contributed by atoms with E-state index in [-0.39, 0.29) is 6.10 Å². The standard InChI is InChI=1S/C23H24N2O3.C14H14ClNO2/c1-26-19-7-8-21(23(11-19)27-2)18-9-16(12-24-14-18)13-25-15-20-10-17-5-3-4-6-22(17)28-20;1-17-12-3-4-13(14(6-12)18-2)11-5-10(7-15)8-16-9-11/h3-9,11-12,14,20,25H,10,13,15H2,1-2H3;3-6,8-9H,7H2,1-2H3. The predicted molar refractivity (Wildman–Crippen MR) is 181 cm³/mol. The zero-order chi connectivity index (χ0) is 32.3. The van der Waals surface area contributed by atoms with E-state index in [1.165, 1.54) is 5.56 Å². The summed E-state index contributed by atoms with van der Waals surface area (Å²) in [7, 11) is 6.58. The molecule has 1 aliphatic rings. The van der Waals surface area contributed by atoms with E-state index >= 15 is 0 Å². The molecule has 1 aliphatic heterocycles. The Labute approximate surface area is 275 Å². The number of nitrogens with one attached hydrogen (secondary N) is 1. The average Bonchev–Trinajstić information content (AvgIpc) is 3.54. The first kappa shape index (κ1) is 32.6. The summed E-state index contributed by atoms with van der Waals surface area (Å²) in [6.07, 6.45) is 8.41. The van der Waals surface area contributed by atoms with Crippen LogP contribution in [0.2, 0.25) is 0 Å². The van der Waals surface area contributed by atoms with E-state index in [0.29, 0.717) is 5.88 Å². The molecule has 0 fully saturated rings. The fourth-order valence-corrected chi connectivity index (χ4v) is 5.40. The van der Waals surface area contributed by atoms with Crippen LogP contribution in [0.3, 0.4) is 0 Å². The van der Waals surface area contributed by atoms with Crippen LogP contribution >= 0.6 is 11.6 Å². The maximum Gasteiger partial charge on any atom is 0.130 e. The monoisotopic (exact) mass is 639 g/mol. The van der Waals surface area contributed by atoms with Gasteiger partial charge in [-0.3, -0.25) is 9.97 Å². The van der Waals surface area contributed by atoms with Crippen molar-refractivity contribution >= 4 is 11.6 Å². The number of hydrogen-bond donors (Lipinski definition) is 1. The number of nitrogens with zero attached hydrogens (tertiary/aromatic N) is 2. The lowest BCUT2D eigenvalue weighted by molar-refractivity contribution is 0.227. The molecule has 0 saturated carbocycles. The molecular weight excluding hydrogens is 602 g/mol. The van der Waals surface area contributed by atoms with Crippen LogP contribution in [0.25, 0.3) is 22.3 Å². The van der Waals surface area contributed by atoms with Crippen molar-refractivity contribution in [2.24, 2.45) is 0 Å². The molecular formula is C37H38ClN3O5. The first-order valence-corrected chi connectivity index (χ1v) is 15.4. The molecule has 3 heterocycles. The maximum atomic E-state index is 5.98. The highest BCUT2D eigenvalue weighted by molar-refractivity contribution is 6.17. The number of benzene rings is 3. The van der Waals surface area contributed by atoms with Gasteiger partial charge in [-0.15, -0.1) is 11.6 Å². The van der Waals surface area contributed by atoms with Gasteiger partial charge in [0.05, 0.1) is 28.4 Å². The van der Waals surface area contributed by atoms with Crippen molar-refractivity contribution < 1.29 is 23.7 Å². The van der Waals surface area contributed by atoms with Gasteiger partial charge in [0.25, 0.3) is 0 Å². The van der Waals surface area contributed by atoms with Crippen LogP contribution in [0.5, 0.6) is 28.7 Å². The zero-order valence-corrected chi connectivity index (χ0v) is 27.2. The highest BCUT2D eigenvalue weighted by Crippen LogP contribution is 2.34. The first-order valence-electron chi connectivity index (χ1n) is 14.9. The van der Waals surface area contributed by atoms with Crippen LogP contribution in [0.1, 0.15) is 16.7 Å². The van der Waals surface area contributed by atoms with Gasteiger partial charge in [0.15, 0.2) is 0 Å². The highest BCUT2D eigenvalue weighted by Gasteiger charge is 2.21. The van der Waals surface area contributed by atoms with Gasteiger partial charge in [0.2, 0.25) is 0 Å². The molecule has 2 aromatic heterocycles. The highest BCUT2D eigenvalue weighted by atomic mass is 35.5. The third kappa shape index (κ3) is 8.07. The molecule has 0 radical (unpaired) electrons. The number of ether oxygens (including phenoxy) is 5. The Morgan fingerprint density at radius 2 is 1.30 bits per heavy atom. The van der Waals surface area contributed by atoms with Crippen molar-refractivity contribution in [2.75, 3.05) is 35.0 Å². The van der Waals surface area contributed by atoms with E-state index in [1.807, 2.05) is 67.0 Å². The third-order valence-electron chi connectivity index (χ3n) is 7.60. The summed E-state index contributed by atoms with van der Waals surface area (Å²) >= 11 is 5.82. The summed E-state index contributed by atoms with van der Waals surface area (Å²) in [6.45, 7) is 1.53. The first-order chi connectivity index (χ1) is 22.5. The number of pyridine rings is 2. The summed E-state index contributed by atoms with van der Waals surface area (Å²) in [4.78, 5) is 8.58. The molecule has 0 spiro atoms. The van der Waals surface area contributed by atoms with E-state index in [1.54, 1.807) is 40.8 Å². The zero-order valence-electron chi connectivity index (χ0n) is 26.5. The van der Waals surface area contributed by atoms with Crippen molar-refractivity contribution in [3.8, 4) is 51.0 Å². The van der Waals surface area contributed by atoms with E-state index in [9.17, 15) is 0 Å². The van der Waals surface area contributed by atoms with Crippen LogP contribution in [0, 0.1) is 0 Å². The van der Waals surface area contributed by atoms with E-state index < -0.39 is 0 Å². The Morgan fingerprint density at radius 1 is 0.717 bits per heavy atom. The van der Waals surface area contributed by atoms with Crippen LogP contribution in [-0.4, -0.2) is 51.1 Å². The number of halogens is 1. The predicted octanol–water partition coefficient (Wildman–Crippen LogP) is 7.36. The number of para-hydroxylation sites is 1. The number of methoxy groups -OCH3 is 4. The van der Waals surface area contributed by atoms with Gasteiger partial charge >= 0.3 is 0 Å². The Bertz CT molecular complexity index is 1720. The van der Waals surface area contributed by atoms with E-state index in [2.05, 4.69) is 33.5 Å². The second-order valence-electron chi connectivity index (χ2n) is 10.6. The van der Waals surface area contributed by atoms with Crippen molar-refractivity contribution in [1.82, 2.24) is 15.3 Å². The molecule has 9 heteroatoms. The summed E-state index contributed by atoms with van der Waals surface area (Å²) in [5.74, 6) is 4.50. The quantitative estimate of drug-likeness (QED) is 0.150. The molecule has 0 aliphatic carbocycles. The van der Waals surface area contributed by atoms with Crippen LogP contribution < -0.4 is 29.0 Å². The lowest BCUT2D eigenvalue weighted by Crippen LogP contribution is -2.29. The summed E-state index contributed by atoms with van der Waals surface area (Å²) in [6, 6.07) is 23.9. The molecule has 8 nitrogen and oxygen atoms in total. The Kier molecular flexibility index (Phi) is 11.3. The second kappa shape index (κ2) is 16.0. The van der Waals surface area contributed by atoms with Crippen molar-refractivity contribution in [3.05, 3.63) is 114 Å². The average molecular weight is 640 g/mol. The van der Waals surface area contributed by atoms with E-state index in [4.69, 9.17) is 35.3 Å². The molecule has 1 unspecified atom stereocenters. The molecule has 0 amide bonds. The Balaban J connectivity index is 0.000000200. The number of alkyl halides is 1. The molecule has 238 valence electrons. The maximum absolute atomic E-state index is 5.98. The lowest BCUT2D eigenvalue weighted by atomic mass is 10.0. The van der Waals surface area contributed by atoms with Crippen LogP contribution in [0.4, 0.5) is 0 Å². The summed E-state index contributed by atoms with van der Waals surface area (Å²) in [5.41, 5.74) is 7.34. The van der Waals surface area contributed by atoms with Gasteiger partial charge in [-0.2, -0.15) is 0 Å². The minimum Gasteiger partial charge on any atom is -0.497 e. The van der Waals surface area contributed by atoms with Crippen LogP contribution in [-0.2, 0) is 18.8 Å². The van der Waals surface area contributed by atoms with Gasteiger partial charge in [-0.1, -0.05) is 18.2 Å². The largest absolute Gasteiger partial charge is 0.497 e. The molecule has 6 rings (SSSR count). The number of fused-ring (bicyclic) bond motifs is 1. The lowest BCUT2D eigenvalue weighted by Gasteiger charge is -2.13. The van der Waals surface area contributed by atoms with E-state index in [0.717, 1.165) is 81.6 Å². The normalized spacial score (nSPS) is 13.1. The van der Waals surface area contributed by atoms with Gasteiger partial charge < -0.3 is 29.0 Å². The van der Waals surface area contributed by atoms with Gasteiger partial charge in [0.1, 0.15) is 34.9 Å². The molecule has 0 bridgehead atoms. The van der Waals surface area contributed by atoms with Crippen molar-refractivity contribution in [3.63, 3.8) is 0 Å². The molecule has 46 heavy (non-hydrogen) atoms. The summed E-state index contributed by atoms with van der Waals surface area (Å²) in [5, 5.41) is 3.49. The smallest absolute Gasteiger partial charge is 0.130 e. The molecule has 0 saturated heterocycles. The second-order valence-corrected chi connectivity index (χ2v) is 10.9. The van der Waals surface area contributed by atoms with Gasteiger partial charge in [-0.25, -0.2) is 0 Å². The Hall–Kier alpha value is -4.79. The van der Waals surface area contributed by atoms with Crippen molar-refractivity contribution in [2.45, 2.75) is 24.9 Å². The fourth-order valence-electron chi connectivity index (χ4n) is 5.26. The SMILES string of the molecule is COc1ccc(-c2cncc(CCl)c2)c(OC)c1.COc1ccc(-c2cncc(CNCC3Cc4ccccc4O3)c2)c(OC)c1. The van der Waals surface area contributed by atoms with Crippen LogP contribution in [0.15, 0.2) is 97.6 Å². The number of hydrogen-bond acceptors (Lipinski definition) is 8. The van der Waals surface area contributed by atoms with Crippen molar-refractivity contribution in [1.29, 1.82) is 0 Å². The molecule has 1 N–H and O–H groups in total. The topological polar surface area (TPSA) is 84.0 Å². The number of aromatic nitrogens is 2. The minimum atomic E-state index is 0.176. The molecule has 5 aromatic rings. The third-order valence-corrected chi connectivity index (χ3v) is 7.91. The minimum absolute atomic E-state index is 0.176. The molecule has 1 atom stereocenters. The van der Waals surface area contributed by atoms with Gasteiger partial charge in [-0.05, 0) is 59.2 Å². The number of rotatable bonds is 11.